The molecule has 0 radical (unpaired) electrons. The molecule has 7 heteroatoms. The monoisotopic (exact) mass is 465 g/mol. The fourth-order valence-corrected chi connectivity index (χ4v) is 4.53. The number of benzene rings is 1. The van der Waals surface area contributed by atoms with E-state index in [0.29, 0.717) is 0 Å². The summed E-state index contributed by atoms with van der Waals surface area (Å²) in [6.45, 7) is 3.58. The van der Waals surface area contributed by atoms with Gasteiger partial charge in [0.15, 0.2) is 0 Å². The first kappa shape index (κ1) is 19.7. The number of hydrogen-bond donors (Lipinski definition) is 1. The van der Waals surface area contributed by atoms with Crippen LogP contribution in [0.4, 0.5) is 0 Å². The fourth-order valence-electron chi connectivity index (χ4n) is 2.71. The number of carbonyl (C=O) groups excluding carboxylic acids is 1. The molecule has 1 aromatic rings. The molecule has 2 rings (SSSR count). The summed E-state index contributed by atoms with van der Waals surface area (Å²) in [5.41, 5.74) is 0.991. The van der Waals surface area contributed by atoms with Crippen LogP contribution in [0.15, 0.2) is 29.2 Å². The lowest BCUT2D eigenvalue weighted by molar-refractivity contribution is -0.149. The van der Waals surface area contributed by atoms with E-state index in [1.807, 2.05) is 29.5 Å². The van der Waals surface area contributed by atoms with Crippen LogP contribution in [0.3, 0.4) is 0 Å². The molecule has 5 nitrogen and oxygen atoms in total. The number of aryl methyl sites for hydroxylation is 1. The van der Waals surface area contributed by atoms with Gasteiger partial charge in [0.25, 0.3) is 0 Å². The summed E-state index contributed by atoms with van der Waals surface area (Å²) in [4.78, 5) is 12.5. The molecule has 2 atom stereocenters. The molecule has 24 heavy (non-hydrogen) atoms. The van der Waals surface area contributed by atoms with Crippen LogP contribution in [0.25, 0.3) is 0 Å². The third-order valence-electron chi connectivity index (χ3n) is 4.17. The minimum absolute atomic E-state index is 0.0237. The van der Waals surface area contributed by atoms with E-state index < -0.39 is 20.0 Å². The van der Waals surface area contributed by atoms with Crippen molar-refractivity contribution in [3.8, 4) is 0 Å². The molecule has 0 saturated heterocycles. The molecular formula is C17H24INO4S. The Balaban J connectivity index is 1.95. The average molecular weight is 465 g/mol. The molecule has 0 heterocycles. The van der Waals surface area contributed by atoms with E-state index in [9.17, 15) is 13.2 Å². The molecule has 0 spiro atoms. The van der Waals surface area contributed by atoms with E-state index >= 15 is 0 Å². The largest absolute Gasteiger partial charge is 0.462 e. The van der Waals surface area contributed by atoms with Crippen LogP contribution >= 0.6 is 22.6 Å². The predicted molar refractivity (Wildman–Crippen MR) is 102 cm³/mol. The number of nitrogens with one attached hydrogen (secondary N) is 1. The van der Waals surface area contributed by atoms with Crippen LogP contribution in [0, 0.1) is 6.92 Å². The summed E-state index contributed by atoms with van der Waals surface area (Å²) in [5, 5.41) is 0. The lowest BCUT2D eigenvalue weighted by Crippen LogP contribution is -2.43. The average Bonchev–Trinajstić information content (AvgIpc) is 2.55. The smallest absolute Gasteiger partial charge is 0.320 e. The van der Waals surface area contributed by atoms with Gasteiger partial charge in [-0.25, -0.2) is 13.1 Å². The van der Waals surface area contributed by atoms with Crippen molar-refractivity contribution >= 4 is 38.6 Å². The van der Waals surface area contributed by atoms with Crippen molar-refractivity contribution in [1.82, 2.24) is 4.72 Å². The summed E-state index contributed by atoms with van der Waals surface area (Å²) in [5.74, 6) is -0.346. The molecule has 134 valence electrons. The van der Waals surface area contributed by atoms with Crippen molar-refractivity contribution in [1.29, 1.82) is 0 Å². The molecule has 1 aliphatic rings. The number of alkyl halides is 1. The standard InChI is InChI=1S/C17H24INO4S/c1-12-8-10-15(11-9-12)24(21,22)19-13(2)16(18)17(20)23-14-6-4-3-5-7-14/h8-11,13-14,16,19H,3-7H2,1-2H3. The summed E-state index contributed by atoms with van der Waals surface area (Å²) >= 11 is 1.95. The van der Waals surface area contributed by atoms with Gasteiger partial charge < -0.3 is 4.74 Å². The number of rotatable bonds is 6. The molecular weight excluding hydrogens is 441 g/mol. The van der Waals surface area contributed by atoms with E-state index in [2.05, 4.69) is 4.72 Å². The minimum Gasteiger partial charge on any atom is -0.462 e. The van der Waals surface area contributed by atoms with Crippen LogP contribution in [0.2, 0.25) is 0 Å². The van der Waals surface area contributed by atoms with Gasteiger partial charge in [0, 0.05) is 6.04 Å². The number of hydrogen-bond acceptors (Lipinski definition) is 4. The first-order chi connectivity index (χ1) is 11.3. The Morgan fingerprint density at radius 3 is 2.38 bits per heavy atom. The van der Waals surface area contributed by atoms with Crippen molar-refractivity contribution in [3.05, 3.63) is 29.8 Å². The Morgan fingerprint density at radius 1 is 1.21 bits per heavy atom. The number of halogens is 1. The number of esters is 1. The normalized spacial score (nSPS) is 18.8. The number of ether oxygens (including phenoxy) is 1. The zero-order valence-electron chi connectivity index (χ0n) is 14.0. The lowest BCUT2D eigenvalue weighted by Gasteiger charge is -2.25. The zero-order valence-corrected chi connectivity index (χ0v) is 17.0. The quantitative estimate of drug-likeness (QED) is 0.398. The highest BCUT2D eigenvalue weighted by Gasteiger charge is 2.30. The Hall–Kier alpha value is -0.670. The molecule has 1 N–H and O–H groups in total. The van der Waals surface area contributed by atoms with Crippen molar-refractivity contribution in [3.63, 3.8) is 0 Å². The highest BCUT2D eigenvalue weighted by molar-refractivity contribution is 14.1. The van der Waals surface area contributed by atoms with E-state index in [-0.39, 0.29) is 17.0 Å². The van der Waals surface area contributed by atoms with Crippen molar-refractivity contribution in [2.24, 2.45) is 0 Å². The van der Waals surface area contributed by atoms with Gasteiger partial charge in [-0.05, 0) is 51.7 Å². The van der Waals surface area contributed by atoms with Gasteiger partial charge in [-0.2, -0.15) is 0 Å². The summed E-state index contributed by atoms with van der Waals surface area (Å²) in [7, 11) is -3.65. The maximum Gasteiger partial charge on any atom is 0.320 e. The van der Waals surface area contributed by atoms with E-state index in [1.54, 1.807) is 31.2 Å². The second-order valence-corrected chi connectivity index (χ2v) is 9.38. The zero-order chi connectivity index (χ0) is 17.7. The topological polar surface area (TPSA) is 72.5 Å². The van der Waals surface area contributed by atoms with Crippen molar-refractivity contribution in [2.45, 2.75) is 66.9 Å². The second-order valence-electron chi connectivity index (χ2n) is 6.32. The van der Waals surface area contributed by atoms with Gasteiger partial charge >= 0.3 is 5.97 Å². The third kappa shape index (κ3) is 5.42. The Bertz CT molecular complexity index is 654. The first-order valence-electron chi connectivity index (χ1n) is 8.23. The molecule has 0 amide bonds. The first-order valence-corrected chi connectivity index (χ1v) is 11.0. The summed E-state index contributed by atoms with van der Waals surface area (Å²) in [6.07, 6.45) is 5.13. The number of sulfonamides is 1. The highest BCUT2D eigenvalue weighted by Crippen LogP contribution is 2.22. The SMILES string of the molecule is Cc1ccc(S(=O)(=O)NC(C)C(I)C(=O)OC2CCCCC2)cc1. The molecule has 0 aromatic heterocycles. The Kier molecular flexibility index (Phi) is 7.06. The molecule has 0 bridgehead atoms. The Labute approximate surface area is 157 Å². The molecule has 0 aliphatic heterocycles. The van der Waals surface area contributed by atoms with Gasteiger partial charge in [0.05, 0.1) is 4.90 Å². The van der Waals surface area contributed by atoms with Crippen LogP contribution in [-0.4, -0.2) is 30.5 Å². The fraction of sp³-hybridized carbons (Fsp3) is 0.588. The number of carbonyl (C=O) groups is 1. The van der Waals surface area contributed by atoms with Gasteiger partial charge in [-0.1, -0.05) is 46.7 Å². The minimum atomic E-state index is -3.65. The van der Waals surface area contributed by atoms with Crippen molar-refractivity contribution in [2.75, 3.05) is 0 Å². The molecule has 1 aliphatic carbocycles. The van der Waals surface area contributed by atoms with Crippen LogP contribution in [0.1, 0.15) is 44.6 Å². The van der Waals surface area contributed by atoms with Gasteiger partial charge in [-0.15, -0.1) is 0 Å². The molecule has 1 fully saturated rings. The van der Waals surface area contributed by atoms with E-state index in [4.69, 9.17) is 4.74 Å². The van der Waals surface area contributed by atoms with Gasteiger partial charge in [0.2, 0.25) is 10.0 Å². The van der Waals surface area contributed by atoms with Crippen molar-refractivity contribution < 1.29 is 17.9 Å². The summed E-state index contributed by atoms with van der Waals surface area (Å²) in [6, 6.07) is 6.07. The molecule has 1 aromatic carbocycles. The van der Waals surface area contributed by atoms with Gasteiger partial charge in [0.1, 0.15) is 10.0 Å². The molecule has 1 saturated carbocycles. The second kappa shape index (κ2) is 8.62. The van der Waals surface area contributed by atoms with Crippen LogP contribution < -0.4 is 4.72 Å². The predicted octanol–water partition coefficient (Wildman–Crippen LogP) is 3.34. The van der Waals surface area contributed by atoms with E-state index in [0.717, 1.165) is 31.2 Å². The maximum atomic E-state index is 12.4. The lowest BCUT2D eigenvalue weighted by atomic mass is 9.98. The summed E-state index contributed by atoms with van der Waals surface area (Å²) < 4.78 is 32.3. The van der Waals surface area contributed by atoms with E-state index in [1.165, 1.54) is 6.42 Å². The third-order valence-corrected chi connectivity index (χ3v) is 7.33. The highest BCUT2D eigenvalue weighted by atomic mass is 127. The van der Waals surface area contributed by atoms with Crippen LogP contribution in [-0.2, 0) is 19.6 Å². The van der Waals surface area contributed by atoms with Gasteiger partial charge in [-0.3, -0.25) is 4.79 Å². The van der Waals surface area contributed by atoms with Crippen LogP contribution in [0.5, 0.6) is 0 Å². The maximum absolute atomic E-state index is 12.4. The molecule has 2 unspecified atom stereocenters. The Morgan fingerprint density at radius 2 is 1.79 bits per heavy atom.